The Labute approximate surface area is 497 Å². The van der Waals surface area contributed by atoms with Crippen LogP contribution in [-0.2, 0) is 75.8 Å². The van der Waals surface area contributed by atoms with Crippen LogP contribution in [0.2, 0.25) is 0 Å². The van der Waals surface area contributed by atoms with Crippen molar-refractivity contribution in [1.82, 2.24) is 0 Å². The molecule has 88 heavy (non-hydrogen) atoms. The summed E-state index contributed by atoms with van der Waals surface area (Å²) < 4.78 is 91.9. The molecule has 0 aromatic rings. The van der Waals surface area contributed by atoms with Crippen molar-refractivity contribution in [3.05, 3.63) is 0 Å². The third kappa shape index (κ3) is 13.8. The first-order valence-electron chi connectivity index (χ1n) is 28.5. The Kier molecular flexibility index (Phi) is 24.1. The van der Waals surface area contributed by atoms with Gasteiger partial charge in [-0.05, 0) is 6.42 Å². The molecule has 30 rings (SSSR count). The Hall–Kier alpha value is -1.56. The van der Waals surface area contributed by atoms with E-state index in [9.17, 15) is 117 Å². The van der Waals surface area contributed by atoms with Crippen LogP contribution in [0, 0.1) is 0 Å². The highest BCUT2D eigenvalue weighted by Gasteiger charge is 2.60. The average Bonchev–Trinajstić information content (AvgIpc) is 0.979. The fraction of sp³-hybridized carbons (Fsp3) is 1.00. The van der Waals surface area contributed by atoms with E-state index in [1.165, 1.54) is 6.92 Å². The summed E-state index contributed by atoms with van der Waals surface area (Å²) in [5, 5.41) is 255. The van der Waals surface area contributed by atoms with Gasteiger partial charge in [-0.15, -0.1) is 0 Å². The third-order valence-electron chi connectivity index (χ3n) is 17.1. The highest BCUT2D eigenvalue weighted by Crippen LogP contribution is 2.40. The first kappa shape index (κ1) is 70.7. The molecule has 0 saturated carbocycles. The highest BCUT2D eigenvalue weighted by molar-refractivity contribution is 5.02. The molecular weight excluding hydrogens is 1210 g/mol. The third-order valence-corrected chi connectivity index (χ3v) is 17.1. The maximum atomic E-state index is 11.5. The van der Waals surface area contributed by atoms with E-state index in [-0.39, 0.29) is 6.42 Å². The van der Waals surface area contributed by atoms with Crippen LogP contribution in [0.15, 0.2) is 0 Å². The minimum absolute atomic E-state index is 0.0801. The van der Waals surface area contributed by atoms with Crippen molar-refractivity contribution in [1.29, 1.82) is 0 Å². The van der Waals surface area contributed by atoms with Crippen molar-refractivity contribution < 1.29 is 193 Å². The van der Waals surface area contributed by atoms with Crippen LogP contribution >= 0.6 is 0 Å². The molecule has 0 radical (unpaired) electrons. The fourth-order valence-corrected chi connectivity index (χ4v) is 12.1. The Morgan fingerprint density at radius 3 is 0.398 bits per heavy atom. The molecule has 0 spiro atoms. The van der Waals surface area contributed by atoms with Crippen molar-refractivity contribution in [2.45, 2.75) is 259 Å². The molecule has 39 nitrogen and oxygen atoms in total. The van der Waals surface area contributed by atoms with Gasteiger partial charge in [0.25, 0.3) is 0 Å². The lowest BCUT2D eigenvalue weighted by atomic mass is 9.94. The van der Waals surface area contributed by atoms with Gasteiger partial charge in [0.2, 0.25) is 0 Å². The minimum atomic E-state index is -2.24. The number of aliphatic hydroxyl groups is 23. The predicted octanol–water partition coefficient (Wildman–Crippen LogP) is -16.0. The van der Waals surface area contributed by atoms with Crippen molar-refractivity contribution >= 4 is 0 Å². The van der Waals surface area contributed by atoms with Gasteiger partial charge in [-0.25, -0.2) is 0 Å². The summed E-state index contributed by atoms with van der Waals surface area (Å²) in [5.41, 5.74) is 0. The largest absolute Gasteiger partial charge is 0.394 e. The summed E-state index contributed by atoms with van der Waals surface area (Å²) in [5.74, 6) is 0. The molecule has 39 heteroatoms. The van der Waals surface area contributed by atoms with Gasteiger partial charge in [0.1, 0.15) is 189 Å². The summed E-state index contributed by atoms with van der Waals surface area (Å²) in [6.07, 6.45) is -79.8. The quantitative estimate of drug-likeness (QED) is 0.107. The van der Waals surface area contributed by atoms with Crippen LogP contribution in [0.25, 0.3) is 0 Å². The van der Waals surface area contributed by atoms with Crippen molar-refractivity contribution in [3.8, 4) is 0 Å². The van der Waals surface area contributed by atoms with Crippen molar-refractivity contribution in [2.75, 3.05) is 46.2 Å². The van der Waals surface area contributed by atoms with E-state index in [0.29, 0.717) is 0 Å². The zero-order valence-electron chi connectivity index (χ0n) is 46.6. The monoisotopic (exact) mass is 1290 g/mol. The van der Waals surface area contributed by atoms with Gasteiger partial charge >= 0.3 is 0 Å². The molecule has 30 aliphatic rings. The molecule has 30 saturated heterocycles. The van der Waals surface area contributed by atoms with Gasteiger partial charge in [-0.3, -0.25) is 0 Å². The van der Waals surface area contributed by atoms with Crippen LogP contribution in [0.1, 0.15) is 13.3 Å². The van der Waals surface area contributed by atoms with Gasteiger partial charge in [0.15, 0.2) is 50.3 Å². The zero-order chi connectivity index (χ0) is 64.1. The topological polar surface area (TPSA) is 613 Å². The maximum Gasteiger partial charge on any atom is 0.187 e. The van der Waals surface area contributed by atoms with E-state index in [2.05, 4.69) is 0 Å². The Morgan fingerprint density at radius 2 is 0.284 bits per heavy atom. The second kappa shape index (κ2) is 30.0. The molecule has 0 aromatic heterocycles. The summed E-state index contributed by atoms with van der Waals surface area (Å²) >= 11 is 0. The molecule has 0 aliphatic carbocycles. The van der Waals surface area contributed by atoms with E-state index in [4.69, 9.17) is 75.8 Å². The Morgan fingerprint density at radius 1 is 0.170 bits per heavy atom. The molecule has 0 amide bonds. The average molecular weight is 1300 g/mol. The molecule has 30 heterocycles. The van der Waals surface area contributed by atoms with Gasteiger partial charge in [-0.2, -0.15) is 0 Å². The Bertz CT molecular complexity index is 1700. The Balaban J connectivity index is 0.975. The lowest BCUT2D eigenvalue weighted by Gasteiger charge is -2.50. The van der Waals surface area contributed by atoms with Gasteiger partial charge in [0, 0.05) is 0 Å². The lowest BCUT2D eigenvalue weighted by molar-refractivity contribution is -0.403. The molecule has 13 unspecified atom stereocenters. The van der Waals surface area contributed by atoms with E-state index in [0.717, 1.165) is 0 Å². The smallest absolute Gasteiger partial charge is 0.187 e. The lowest BCUT2D eigenvalue weighted by Crippen LogP contribution is -2.69. The molecule has 16 bridgehead atoms. The molecular formula is C49H82O39. The first-order valence-corrected chi connectivity index (χ1v) is 28.5. The second-order valence-electron chi connectivity index (χ2n) is 22.7. The summed E-state index contributed by atoms with van der Waals surface area (Å²) in [7, 11) is 0. The highest BCUT2D eigenvalue weighted by atomic mass is 16.8. The summed E-state index contributed by atoms with van der Waals surface area (Å²) in [6.45, 7) is -5.88. The van der Waals surface area contributed by atoms with Crippen LogP contribution in [-0.4, -0.2) is 409 Å². The van der Waals surface area contributed by atoms with E-state index >= 15 is 0 Å². The van der Waals surface area contributed by atoms with E-state index in [1.807, 2.05) is 0 Å². The van der Waals surface area contributed by atoms with E-state index in [1.54, 1.807) is 0 Å². The fourth-order valence-electron chi connectivity index (χ4n) is 12.1. The number of rotatable bonds is 8. The number of hydrogen-bond acceptors (Lipinski definition) is 39. The summed E-state index contributed by atoms with van der Waals surface area (Å²) in [6, 6.07) is 0. The van der Waals surface area contributed by atoms with Crippen molar-refractivity contribution in [3.63, 3.8) is 0 Å². The standard InChI is InChI=1S/C49H82O39/c1-2-10-34-18(57)26(65)42(73-10)82-35-11(3-50)75-44(28(67)20(35)59)84-37-13(5-52)77-46(30(69)22(37)61)86-39-15(7-54)79-48(32(71)24(39)63)88-41-17(9-56)80-49(33(72)25(41)64)87-40-16(8-55)78-47(31(70)23(40)62)85-38-14(6-53)76-45(29(68)21(38)60)83-36-12(4-51)74-43(81-34)27(66)19(36)58/h10-72H,2-9H2,1H3/t10-,11-,12-,13-,14-,15?,16-,17-,18-,19-,20-,21-,22-,23-,24-,25-,26-,27-,28-,29-,30-,31-,32-,33-,34?,35-,36?,37-,38-,39?,40-,41?,42?,43?,44?,45?,46?,47?,48?,49?/m1/s1. The molecule has 23 N–H and O–H groups in total. The van der Waals surface area contributed by atoms with Gasteiger partial charge < -0.3 is 193 Å². The van der Waals surface area contributed by atoms with Crippen LogP contribution in [0.3, 0.4) is 0 Å². The molecule has 512 valence electrons. The number of hydrogen-bond donors (Lipinski definition) is 23. The molecule has 0 aromatic carbocycles. The molecule has 30 fully saturated rings. The van der Waals surface area contributed by atoms with Crippen LogP contribution in [0.4, 0.5) is 0 Å². The van der Waals surface area contributed by atoms with E-state index < -0.39 is 292 Å². The van der Waals surface area contributed by atoms with Gasteiger partial charge in [0.05, 0.1) is 52.4 Å². The maximum absolute atomic E-state index is 11.5. The van der Waals surface area contributed by atoms with Crippen molar-refractivity contribution in [2.24, 2.45) is 0 Å². The number of aliphatic hydroxyl groups excluding tert-OH is 23. The van der Waals surface area contributed by atoms with Gasteiger partial charge in [-0.1, -0.05) is 6.92 Å². The second-order valence-corrected chi connectivity index (χ2v) is 22.7. The van der Waals surface area contributed by atoms with Crippen LogP contribution < -0.4 is 0 Å². The molecule has 40 atom stereocenters. The number of ether oxygens (including phenoxy) is 16. The normalized spacial score (nSPS) is 55.4. The SMILES string of the molecule is CC[C@H]1OC2O[C@H]3[C@H](O)[C@@H](O)C(O[C@H]4[C@H](O)[C@@H](O)C(OC5C(CO)OC(OC6[C@@H](CO)OC(O[C@H]7[C@H](O)[C@@H](O)C(O[C@H]8[C@H](O)[C@@H](O)C(OC9[C@@H](CO)OC(OC1[C@H](O)[C@H]2O)[C@H](O)[C@H]9O)O[C@@H]8CO)O[C@@H]7CO)[C@H](O)[C@H]6O)[C@H](O)[C@H]5O)O[C@@H]4CO)O[C@@H]3CO. The predicted molar refractivity (Wildman–Crippen MR) is 264 cm³/mol. The molecule has 30 aliphatic heterocycles. The summed E-state index contributed by atoms with van der Waals surface area (Å²) in [4.78, 5) is 0. The first-order chi connectivity index (χ1) is 41.9. The minimum Gasteiger partial charge on any atom is -0.394 e. The van der Waals surface area contributed by atoms with Crippen LogP contribution in [0.5, 0.6) is 0 Å². The zero-order valence-corrected chi connectivity index (χ0v) is 46.6.